The summed E-state index contributed by atoms with van der Waals surface area (Å²) in [6.07, 6.45) is -3.43. The number of hydrogen-bond donors (Lipinski definition) is 7. The van der Waals surface area contributed by atoms with Crippen LogP contribution in [0.4, 0.5) is 30.8 Å². The third kappa shape index (κ3) is 30.8. The quantitative estimate of drug-likeness (QED) is 0.0401. The number of aromatic nitrogens is 2. The highest BCUT2D eigenvalue weighted by Gasteiger charge is 2.57. The van der Waals surface area contributed by atoms with Crippen molar-refractivity contribution in [2.45, 2.75) is 275 Å². The number of hydrogen-bond acceptors (Lipinski definition) is 37. The molecule has 1 fully saturated rings. The lowest BCUT2D eigenvalue weighted by Gasteiger charge is -2.43. The number of aryl methyl sites for hydroxylation is 2. The van der Waals surface area contributed by atoms with Gasteiger partial charge in [0.15, 0.2) is 49.2 Å². The average molecular weight is 2420 g/mol. The highest BCUT2D eigenvalue weighted by molar-refractivity contribution is 9.11. The maximum absolute atomic E-state index is 13.3. The van der Waals surface area contributed by atoms with Crippen molar-refractivity contribution >= 4 is 273 Å². The number of nitrogens with one attached hydrogen (secondary N) is 5. The molecule has 36 nitrogen and oxygen atoms in total. The van der Waals surface area contributed by atoms with Crippen molar-refractivity contribution in [3.63, 3.8) is 0 Å². The van der Waals surface area contributed by atoms with Gasteiger partial charge in [-0.2, -0.15) is 9.59 Å². The van der Waals surface area contributed by atoms with E-state index in [-0.39, 0.29) is 79.1 Å². The minimum atomic E-state index is -3.80. The average Bonchev–Trinajstić information content (AvgIpc) is 1.29. The molecule has 796 valence electrons. The van der Waals surface area contributed by atoms with E-state index in [4.69, 9.17) is 98.0 Å². The fourth-order valence-electron chi connectivity index (χ4n) is 13.5. The van der Waals surface area contributed by atoms with Gasteiger partial charge < -0.3 is 51.1 Å². The Kier molecular flexibility index (Phi) is 39.3. The second-order valence-corrected chi connectivity index (χ2v) is 63.6. The maximum atomic E-state index is 13.3. The molecule has 12 heterocycles. The van der Waals surface area contributed by atoms with Gasteiger partial charge in [-0.1, -0.05) is 76.7 Å². The maximum Gasteiger partial charge on any atom is 0.519 e. The lowest BCUT2D eigenvalue weighted by atomic mass is 9.99. The molecule has 7 aromatic rings. The minimum Gasteiger partial charge on any atom is -0.444 e. The Bertz CT molecular complexity index is 6870. The third-order valence-electron chi connectivity index (χ3n) is 21.9. The summed E-state index contributed by atoms with van der Waals surface area (Å²) >= 11 is 44.4. The molecular weight excluding hydrogens is 2300 g/mol. The summed E-state index contributed by atoms with van der Waals surface area (Å²) in [6, 6.07) is 18.7. The van der Waals surface area contributed by atoms with Crippen LogP contribution in [0.3, 0.4) is 0 Å². The van der Waals surface area contributed by atoms with E-state index >= 15 is 0 Å². The molecule has 1 saturated heterocycles. The zero-order chi connectivity index (χ0) is 111. The number of carbonyl (C=O) groups excluding carboxylic acids is 8. The first-order valence-corrected chi connectivity index (χ1v) is 59.1. The van der Waals surface area contributed by atoms with E-state index in [1.165, 1.54) is 87.7 Å². The molecule has 0 aliphatic carbocycles. The van der Waals surface area contributed by atoms with Gasteiger partial charge in [-0.25, -0.2) is 71.2 Å². The molecule has 5 atom stereocenters. The molecule has 9 N–H and O–H groups in total. The summed E-state index contributed by atoms with van der Waals surface area (Å²) in [5.41, 5.74) is 5.79. The predicted molar refractivity (Wildman–Crippen MR) is 580 cm³/mol. The number of thiophene rings is 5. The number of aliphatic imine (C=N–C) groups is 4. The number of pyridine rings is 2. The summed E-state index contributed by atoms with van der Waals surface area (Å²) in [5.74, 6) is -0.741. The van der Waals surface area contributed by atoms with Crippen LogP contribution in [-0.4, -0.2) is 193 Å². The van der Waals surface area contributed by atoms with Gasteiger partial charge in [0, 0.05) is 22.0 Å². The second kappa shape index (κ2) is 45.3. The van der Waals surface area contributed by atoms with Gasteiger partial charge in [-0.3, -0.25) is 40.2 Å². The van der Waals surface area contributed by atoms with Gasteiger partial charge in [0.25, 0.3) is 11.8 Å². The van der Waals surface area contributed by atoms with Crippen LogP contribution in [0.5, 0.6) is 0 Å². The molecule has 12 rings (SSSR count). The van der Waals surface area contributed by atoms with Crippen molar-refractivity contribution in [3.8, 4) is 0 Å². The fraction of sp³-hybridized carbons (Fsp3) is 0.527. The van der Waals surface area contributed by atoms with Gasteiger partial charge in [-0.15, -0.1) is 56.7 Å². The van der Waals surface area contributed by atoms with Crippen LogP contribution in [0.25, 0.3) is 0 Å². The van der Waals surface area contributed by atoms with Gasteiger partial charge in [0.05, 0.1) is 96.3 Å². The van der Waals surface area contributed by atoms with Crippen molar-refractivity contribution in [3.05, 3.63) is 163 Å². The summed E-state index contributed by atoms with van der Waals surface area (Å²) < 4.78 is 147. The van der Waals surface area contributed by atoms with Gasteiger partial charge in [-0.05, 0) is 293 Å². The van der Waals surface area contributed by atoms with E-state index in [1.807, 2.05) is 38.3 Å². The summed E-state index contributed by atoms with van der Waals surface area (Å²) in [7, 11) is -17.7. The summed E-state index contributed by atoms with van der Waals surface area (Å²) in [4.78, 5) is 119. The van der Waals surface area contributed by atoms with E-state index in [9.17, 15) is 70.9 Å². The van der Waals surface area contributed by atoms with Crippen LogP contribution in [-0.2, 0) is 110 Å². The molecule has 5 aliphatic rings. The van der Waals surface area contributed by atoms with E-state index in [2.05, 4.69) is 99.7 Å². The smallest absolute Gasteiger partial charge is 0.444 e. The van der Waals surface area contributed by atoms with Crippen molar-refractivity contribution in [1.82, 2.24) is 25.9 Å². The zero-order valence-corrected chi connectivity index (χ0v) is 99.7. The topological polar surface area (TPSA) is 541 Å². The van der Waals surface area contributed by atoms with Crippen LogP contribution in [0.2, 0.25) is 25.1 Å². The Morgan fingerprint density at radius 1 is 0.417 bits per heavy atom. The molecule has 53 heteroatoms. The minimum absolute atomic E-state index is 0.0201. The normalized spacial score (nSPS) is 22.9. The molecule has 0 radical (unpaired) electrons. The Labute approximate surface area is 902 Å². The number of carbonyl (C=O) groups is 6. The lowest BCUT2D eigenvalue weighted by molar-refractivity contribution is -0.191. The van der Waals surface area contributed by atoms with E-state index in [0.29, 0.717) is 56.8 Å². The monoisotopic (exact) mass is 2420 g/mol. The standard InChI is InChI=1S/C23H29ClN4O5S2.C18H21ClN4O3S2.C16H22BrClN2O4S2.C12H16ClNO2S2.C11H14BrClN2O2S2.C10H18O5.CO2/c1-13-9-8-10-16(25-13)26-18(29)15-11-14(24)17(34-15)23(7)12-35(31,32)22(5,6)19(28-23)27-20(30)33-21(2,3)4;1-10-6-5-7-13(21-10)22-15(24)12-8-11(19)14(27-12)18(4)9-28(25,26)17(2,3)16(20)23-18;1-14(2,3)24-13(21)19-12-15(4,5)26(22,23)8-16(6,20-12)11-9(18)7-10(17)25-11;1-8-11(2,3)18(15,16)7-12(4,14-8)10-9(13)5-6-17-10;1-10(2)9(14)15-11(3,5-19(10,16)17)8-6(13)4-7(12)18-8;1-9(2,3)14-7(11)13-8(12)15-10(4,5)6;2-1-3/h8-11H,12H2,1-7H3,(H,25,26,29)(H,27,28,30);5-8H,9H2,1-4H3,(H2,20,23)(H,21,22,24);7H,8H2,1-6H3,(H,19,20,21);5-6,14H,1,7H2,2-4H3;4H,5H2,1-3H3,(H2,14,15);1-6H3;/t23-;18-;16-;12-;11-;;/m00000../s1. The Morgan fingerprint density at radius 2 is 0.708 bits per heavy atom. The molecule has 4 amide bonds. The SMILES string of the molecule is C=C1N[C@](C)(c2sccc2Cl)CS(=O)(=O)C1(C)C.CC(C)(C)OC(=O)NC1=N[C@](C)(c2sc(Br)cc2Cl)CS(=O)(=O)C1(C)C.CC(C)(C)OC(=O)OC(=O)OC(C)(C)C.CC1(C)C(N)=N[C@](C)(c2sc(Br)cc2Cl)CS1(=O)=O.Cc1cccc(NC(=O)c2cc(Cl)c([C@]3(C)CS(=O)(=O)C(C)(C)C(N)=N3)s2)n1.Cc1cccc(NC(=O)c2cc(Cl)c([C@]3(C)CS(=O)(=O)C(C)(C)C(NC(=O)OC(C)(C)C)=N3)s2)n1.O=C=O. The number of nitrogens with two attached hydrogens (primary N) is 2. The number of amidine groups is 4. The lowest BCUT2D eigenvalue weighted by Crippen LogP contribution is -2.58. The molecule has 5 aliphatic heterocycles. The van der Waals surface area contributed by atoms with Crippen molar-refractivity contribution in [1.29, 1.82) is 0 Å². The number of alkyl carbamates (subject to hydrolysis) is 2. The molecule has 0 saturated carbocycles. The highest BCUT2D eigenvalue weighted by Crippen LogP contribution is 2.51. The van der Waals surface area contributed by atoms with Gasteiger partial charge in [0.2, 0.25) is 0 Å². The molecule has 0 unspecified atom stereocenters. The Morgan fingerprint density at radius 3 is 0.979 bits per heavy atom. The van der Waals surface area contributed by atoms with E-state index in [1.54, 1.807) is 181 Å². The second-order valence-electron chi connectivity index (χ2n) is 41.0. The Hall–Kier alpha value is -7.62. The first kappa shape index (κ1) is 125. The van der Waals surface area contributed by atoms with Crippen molar-refractivity contribution in [2.24, 2.45) is 31.4 Å². The summed E-state index contributed by atoms with van der Waals surface area (Å²) in [5, 5.41) is 17.6. The Balaban J connectivity index is 0.000000268. The predicted octanol–water partition coefficient (Wildman–Crippen LogP) is 20.5. The van der Waals surface area contributed by atoms with Crippen molar-refractivity contribution < 1.29 is 104 Å². The number of ether oxygens (including phenoxy) is 5. The first-order valence-electron chi connectivity index (χ1n) is 43.3. The summed E-state index contributed by atoms with van der Waals surface area (Å²) in [6.45, 7) is 51.9. The molecule has 7 aromatic heterocycles. The van der Waals surface area contributed by atoms with Crippen LogP contribution >= 0.6 is 147 Å². The van der Waals surface area contributed by atoms with Crippen molar-refractivity contribution in [2.75, 3.05) is 39.4 Å². The first-order chi connectivity index (χ1) is 64.9. The van der Waals surface area contributed by atoms with Crippen LogP contribution in [0.1, 0.15) is 242 Å². The molecule has 0 aromatic carbocycles. The van der Waals surface area contributed by atoms with E-state index in [0.717, 1.165) is 46.5 Å². The number of halogens is 7. The van der Waals surface area contributed by atoms with Gasteiger partial charge in [0.1, 0.15) is 103 Å². The fourth-order valence-corrected chi connectivity index (χ4v) is 31.3. The number of rotatable bonds is 9. The number of nitrogens with zero attached hydrogens (tertiary/aromatic N) is 6. The molecule has 0 spiro atoms. The van der Waals surface area contributed by atoms with Crippen LogP contribution < -0.4 is 38.1 Å². The van der Waals surface area contributed by atoms with E-state index < -0.39 is 153 Å². The van der Waals surface area contributed by atoms with Crippen LogP contribution in [0.15, 0.2) is 112 Å². The number of anilines is 2. The third-order valence-corrected chi connectivity index (χ3v) is 45.2. The van der Waals surface area contributed by atoms with Gasteiger partial charge >= 0.3 is 30.6 Å². The van der Waals surface area contributed by atoms with Crippen LogP contribution in [0, 0.1) is 13.8 Å². The number of amides is 4. The molecular formula is C91H120Br2Cl5N13O23S10. The molecule has 144 heavy (non-hydrogen) atoms. The molecule has 0 bridgehead atoms. The largest absolute Gasteiger partial charge is 0.519 e. The zero-order valence-electron chi connectivity index (χ0n) is 84.6. The number of sulfone groups is 5. The highest BCUT2D eigenvalue weighted by atomic mass is 79.9.